The lowest BCUT2D eigenvalue weighted by molar-refractivity contribution is -0.135. The van der Waals surface area contributed by atoms with Crippen molar-refractivity contribution >= 4 is 29.4 Å². The number of carboxylic acids is 1. The van der Waals surface area contributed by atoms with E-state index in [1.807, 2.05) is 18.2 Å². The van der Waals surface area contributed by atoms with Crippen LogP contribution in [0.25, 0.3) is 0 Å². The molecule has 1 saturated carbocycles. The van der Waals surface area contributed by atoms with Crippen LogP contribution in [0.1, 0.15) is 41.6 Å². The van der Waals surface area contributed by atoms with Gasteiger partial charge in [-0.1, -0.05) is 25.0 Å². The molecule has 0 radical (unpaired) electrons. The van der Waals surface area contributed by atoms with Crippen molar-refractivity contribution in [3.63, 3.8) is 0 Å². The minimum atomic E-state index is -1.14. The molecule has 10 nitrogen and oxygen atoms in total. The van der Waals surface area contributed by atoms with Crippen LogP contribution < -0.4 is 16.0 Å². The van der Waals surface area contributed by atoms with E-state index in [9.17, 15) is 14.4 Å². The second-order valence-corrected chi connectivity index (χ2v) is 7.40. The first kappa shape index (κ1) is 23.0. The van der Waals surface area contributed by atoms with Gasteiger partial charge in [0.15, 0.2) is 0 Å². The molecule has 10 heteroatoms. The Morgan fingerprint density at radius 3 is 2.66 bits per heavy atom. The Morgan fingerprint density at radius 2 is 1.94 bits per heavy atom. The number of hydrogen-bond acceptors (Lipinski definition) is 6. The van der Waals surface area contributed by atoms with Gasteiger partial charge in [0, 0.05) is 18.4 Å². The van der Waals surface area contributed by atoms with Gasteiger partial charge in [0.2, 0.25) is 0 Å². The summed E-state index contributed by atoms with van der Waals surface area (Å²) >= 11 is 0. The van der Waals surface area contributed by atoms with Gasteiger partial charge in [-0.15, -0.1) is 0 Å². The monoisotopic (exact) mass is 441 g/mol. The molecule has 0 bridgehead atoms. The lowest BCUT2D eigenvalue weighted by Crippen LogP contribution is -2.38. The van der Waals surface area contributed by atoms with Crippen LogP contribution in [-0.4, -0.2) is 52.8 Å². The maximum absolute atomic E-state index is 13.1. The largest absolute Gasteiger partial charge is 0.480 e. The summed E-state index contributed by atoms with van der Waals surface area (Å²) in [4.78, 5) is 44.9. The van der Waals surface area contributed by atoms with Crippen LogP contribution in [0.4, 0.5) is 16.3 Å². The summed E-state index contributed by atoms with van der Waals surface area (Å²) in [6.07, 6.45) is 5.58. The van der Waals surface area contributed by atoms with Gasteiger partial charge in [0.05, 0.1) is 18.7 Å². The van der Waals surface area contributed by atoms with Crippen LogP contribution in [0.3, 0.4) is 0 Å². The first-order chi connectivity index (χ1) is 15.5. The minimum Gasteiger partial charge on any atom is -0.480 e. The third kappa shape index (κ3) is 6.17. The van der Waals surface area contributed by atoms with Crippen molar-refractivity contribution in [1.29, 1.82) is 0 Å². The summed E-state index contributed by atoms with van der Waals surface area (Å²) in [6, 6.07) is 10.1. The third-order valence-electron chi connectivity index (χ3n) is 5.16. The lowest BCUT2D eigenvalue weighted by Gasteiger charge is -2.27. The molecule has 1 heterocycles. The number of pyridine rings is 1. The van der Waals surface area contributed by atoms with Crippen LogP contribution >= 0.6 is 0 Å². The Labute approximate surface area is 185 Å². The van der Waals surface area contributed by atoms with E-state index in [2.05, 4.69) is 20.9 Å². The van der Waals surface area contributed by atoms with Crippen molar-refractivity contribution in [3.8, 4) is 0 Å². The zero-order chi connectivity index (χ0) is 22.9. The van der Waals surface area contributed by atoms with Gasteiger partial charge in [-0.2, -0.15) is 0 Å². The number of nitrogens with zero attached hydrogens (tertiary/aromatic N) is 2. The van der Waals surface area contributed by atoms with Crippen molar-refractivity contribution in [1.82, 2.24) is 15.4 Å². The number of aliphatic carboxylic acids is 1. The molecule has 1 aliphatic carbocycles. The molecule has 3 rings (SSSR count). The second kappa shape index (κ2) is 11.1. The molecule has 4 N–H and O–H groups in total. The summed E-state index contributed by atoms with van der Waals surface area (Å²) < 4.78 is 0. The van der Waals surface area contributed by atoms with Crippen molar-refractivity contribution in [2.45, 2.75) is 38.3 Å². The number of rotatable bonds is 9. The molecule has 1 aliphatic rings. The molecule has 1 fully saturated rings. The summed E-state index contributed by atoms with van der Waals surface area (Å²) in [5.74, 6) is -1.04. The van der Waals surface area contributed by atoms with Gasteiger partial charge >= 0.3 is 12.0 Å². The zero-order valence-corrected chi connectivity index (χ0v) is 17.8. The predicted octanol–water partition coefficient (Wildman–Crippen LogP) is 2.85. The number of para-hydroxylation sites is 1. The summed E-state index contributed by atoms with van der Waals surface area (Å²) in [6.45, 7) is -0.105. The summed E-state index contributed by atoms with van der Waals surface area (Å²) in [5.41, 5.74) is 2.00. The highest BCUT2D eigenvalue weighted by Crippen LogP contribution is 2.27. The zero-order valence-electron chi connectivity index (χ0n) is 17.8. The minimum absolute atomic E-state index is 0.0849. The average Bonchev–Trinajstić information content (AvgIpc) is 3.32. The normalized spacial score (nSPS) is 13.4. The highest BCUT2D eigenvalue weighted by Gasteiger charge is 2.29. The van der Waals surface area contributed by atoms with E-state index >= 15 is 0 Å². The number of hydrogen-bond donors (Lipinski definition) is 4. The Hall–Kier alpha value is -3.66. The molecule has 1 aromatic carbocycles. The number of amides is 3. The Bertz CT molecular complexity index is 961. The predicted molar refractivity (Wildman–Crippen MR) is 118 cm³/mol. The van der Waals surface area contributed by atoms with Crippen molar-refractivity contribution in [2.75, 3.05) is 24.3 Å². The standard InChI is InChI=1S/C22H27N5O5/c1-32-27(16-6-2-3-7-16)21(30)17-8-4-5-9-18(17)24-13-15-10-11-23-19(12-15)26-22(31)25-14-20(28)29/h4-5,8-12,16,24H,2-3,6-7,13-14H2,1H3,(H,28,29)(H2,23,25,26,31). The van der Waals surface area contributed by atoms with E-state index in [-0.39, 0.29) is 17.8 Å². The number of carbonyl (C=O) groups is 3. The number of hydroxylamine groups is 2. The van der Waals surface area contributed by atoms with Gasteiger partial charge < -0.3 is 15.7 Å². The van der Waals surface area contributed by atoms with E-state index in [1.165, 1.54) is 18.4 Å². The Balaban J connectivity index is 1.65. The van der Waals surface area contributed by atoms with E-state index in [0.717, 1.165) is 31.2 Å². The summed E-state index contributed by atoms with van der Waals surface area (Å²) in [7, 11) is 1.52. The highest BCUT2D eigenvalue weighted by molar-refractivity contribution is 5.99. The molecule has 0 spiro atoms. The fraction of sp³-hybridized carbons (Fsp3) is 0.364. The van der Waals surface area contributed by atoms with E-state index in [4.69, 9.17) is 9.94 Å². The van der Waals surface area contributed by atoms with Crippen LogP contribution in [0.5, 0.6) is 0 Å². The van der Waals surface area contributed by atoms with Gasteiger partial charge in [-0.3, -0.25) is 19.7 Å². The maximum atomic E-state index is 13.1. The van der Waals surface area contributed by atoms with Gasteiger partial charge in [-0.25, -0.2) is 14.8 Å². The number of nitrogens with one attached hydrogen (secondary N) is 3. The van der Waals surface area contributed by atoms with E-state index in [1.54, 1.807) is 18.2 Å². The van der Waals surface area contributed by atoms with Crippen molar-refractivity contribution < 1.29 is 24.3 Å². The lowest BCUT2D eigenvalue weighted by atomic mass is 10.1. The average molecular weight is 441 g/mol. The van der Waals surface area contributed by atoms with Gasteiger partial charge in [0.1, 0.15) is 12.4 Å². The molecule has 0 aliphatic heterocycles. The highest BCUT2D eigenvalue weighted by atomic mass is 16.7. The van der Waals surface area contributed by atoms with E-state index in [0.29, 0.717) is 17.8 Å². The molecule has 32 heavy (non-hydrogen) atoms. The molecule has 3 amide bonds. The van der Waals surface area contributed by atoms with E-state index < -0.39 is 18.5 Å². The first-order valence-electron chi connectivity index (χ1n) is 10.4. The number of carbonyl (C=O) groups excluding carboxylic acids is 2. The molecule has 2 aromatic rings. The SMILES string of the molecule is CON(C(=O)c1ccccc1NCc1ccnc(NC(=O)NCC(=O)O)c1)C1CCCC1. The second-order valence-electron chi connectivity index (χ2n) is 7.40. The Morgan fingerprint density at radius 1 is 1.19 bits per heavy atom. The summed E-state index contributed by atoms with van der Waals surface area (Å²) in [5, 5.41) is 18.1. The topological polar surface area (TPSA) is 133 Å². The van der Waals surface area contributed by atoms with Crippen LogP contribution in [-0.2, 0) is 16.2 Å². The number of benzene rings is 1. The quantitative estimate of drug-likeness (QED) is 0.440. The molecule has 0 atom stereocenters. The maximum Gasteiger partial charge on any atom is 0.323 e. The smallest absolute Gasteiger partial charge is 0.323 e. The number of urea groups is 1. The van der Waals surface area contributed by atoms with Crippen LogP contribution in [0.15, 0.2) is 42.6 Å². The molecule has 1 aromatic heterocycles. The molecular formula is C22H27N5O5. The van der Waals surface area contributed by atoms with Gasteiger partial charge in [0.25, 0.3) is 5.91 Å². The fourth-order valence-corrected chi connectivity index (χ4v) is 3.65. The molecule has 0 saturated heterocycles. The molecule has 0 unspecified atom stereocenters. The number of anilines is 2. The molecule has 170 valence electrons. The first-order valence-corrected chi connectivity index (χ1v) is 10.4. The number of aromatic nitrogens is 1. The number of carboxylic acid groups (broad SMARTS) is 1. The van der Waals surface area contributed by atoms with Gasteiger partial charge in [-0.05, 0) is 42.7 Å². The van der Waals surface area contributed by atoms with Crippen LogP contribution in [0, 0.1) is 0 Å². The molecular weight excluding hydrogens is 414 g/mol. The fourth-order valence-electron chi connectivity index (χ4n) is 3.65. The van der Waals surface area contributed by atoms with Crippen LogP contribution in [0.2, 0.25) is 0 Å². The Kier molecular flexibility index (Phi) is 7.98. The van der Waals surface area contributed by atoms with Crippen molar-refractivity contribution in [3.05, 3.63) is 53.7 Å². The van der Waals surface area contributed by atoms with Crippen molar-refractivity contribution in [2.24, 2.45) is 0 Å². The third-order valence-corrected chi connectivity index (χ3v) is 5.16.